The van der Waals surface area contributed by atoms with Crippen LogP contribution in [-0.4, -0.2) is 18.9 Å². The summed E-state index contributed by atoms with van der Waals surface area (Å²) in [5.74, 6) is 2.38. The van der Waals surface area contributed by atoms with Gasteiger partial charge in [0.15, 0.2) is 0 Å². The summed E-state index contributed by atoms with van der Waals surface area (Å²) < 4.78 is 21.7. The molecular formula is C9H15O3P. The molecule has 0 aliphatic rings. The van der Waals surface area contributed by atoms with Crippen LogP contribution in [0.5, 0.6) is 0 Å². The lowest BCUT2D eigenvalue weighted by Gasteiger charge is -2.24. The first kappa shape index (κ1) is 12.4. The molecule has 4 heteroatoms. The zero-order valence-corrected chi connectivity index (χ0v) is 9.14. The fourth-order valence-corrected chi connectivity index (χ4v) is 2.04. The minimum atomic E-state index is -3.10. The summed E-state index contributed by atoms with van der Waals surface area (Å²) in [7, 11) is -1.77. The molecule has 0 saturated carbocycles. The number of hydrogen-bond donors (Lipinski definition) is 0. The highest BCUT2D eigenvalue weighted by atomic mass is 31.2. The average Bonchev–Trinajstić information content (AvgIpc) is 2.04. The van der Waals surface area contributed by atoms with Gasteiger partial charge in [0.2, 0.25) is 0 Å². The summed E-state index contributed by atoms with van der Waals surface area (Å²) in [5.41, 5.74) is -0.880. The molecule has 0 amide bonds. The van der Waals surface area contributed by atoms with E-state index in [-0.39, 0.29) is 6.16 Å². The third kappa shape index (κ3) is 4.28. The molecule has 1 unspecified atom stereocenters. The summed E-state index contributed by atoms with van der Waals surface area (Å²) in [6.07, 6.45) is 6.83. The van der Waals surface area contributed by atoms with Crippen LogP contribution < -0.4 is 0 Å². The van der Waals surface area contributed by atoms with Crippen LogP contribution in [0.3, 0.4) is 0 Å². The molecule has 0 aromatic rings. The van der Waals surface area contributed by atoms with E-state index < -0.39 is 13.2 Å². The van der Waals surface area contributed by atoms with Crippen molar-refractivity contribution in [3.05, 3.63) is 12.7 Å². The van der Waals surface area contributed by atoms with Crippen molar-refractivity contribution in [1.29, 1.82) is 0 Å². The Hall–Kier alpha value is -0.550. The molecule has 0 rings (SSSR count). The van der Waals surface area contributed by atoms with Gasteiger partial charge < -0.3 is 4.52 Å². The monoisotopic (exact) mass is 202 g/mol. The number of hydrogen-bond acceptors (Lipinski definition) is 3. The summed E-state index contributed by atoms with van der Waals surface area (Å²) in [5, 5.41) is 0. The second-order valence-corrected chi connectivity index (χ2v) is 5.15. The van der Waals surface area contributed by atoms with Gasteiger partial charge in [0.1, 0.15) is 5.60 Å². The SMILES string of the molecule is C#CC(C)(C)OP(=O)(CC=C)OC. The van der Waals surface area contributed by atoms with Crippen LogP contribution in [0, 0.1) is 12.3 Å². The fraction of sp³-hybridized carbons (Fsp3) is 0.556. The van der Waals surface area contributed by atoms with Crippen molar-refractivity contribution in [2.75, 3.05) is 13.3 Å². The van der Waals surface area contributed by atoms with Gasteiger partial charge >= 0.3 is 7.60 Å². The van der Waals surface area contributed by atoms with Gasteiger partial charge in [-0.15, -0.1) is 13.0 Å². The third-order valence-electron chi connectivity index (χ3n) is 1.35. The van der Waals surface area contributed by atoms with Crippen molar-refractivity contribution in [3.8, 4) is 12.3 Å². The minimum Gasteiger partial charge on any atom is -0.312 e. The van der Waals surface area contributed by atoms with Gasteiger partial charge in [0, 0.05) is 7.11 Å². The van der Waals surface area contributed by atoms with Crippen molar-refractivity contribution in [3.63, 3.8) is 0 Å². The third-order valence-corrected chi connectivity index (χ3v) is 3.34. The maximum Gasteiger partial charge on any atom is 0.335 e. The molecule has 0 spiro atoms. The number of terminal acetylenes is 1. The van der Waals surface area contributed by atoms with E-state index in [1.807, 2.05) is 0 Å². The maximum atomic E-state index is 11.7. The van der Waals surface area contributed by atoms with Crippen molar-refractivity contribution >= 4 is 7.60 Å². The standard InChI is InChI=1S/C9H15O3P/c1-6-8-13(10,11-5)12-9(3,4)7-2/h2,6H,1,8H2,3-5H3. The van der Waals surface area contributed by atoms with E-state index in [4.69, 9.17) is 15.5 Å². The first-order chi connectivity index (χ1) is 5.89. The van der Waals surface area contributed by atoms with Gasteiger partial charge in [-0.3, -0.25) is 9.09 Å². The highest BCUT2D eigenvalue weighted by Crippen LogP contribution is 2.50. The van der Waals surface area contributed by atoms with Gasteiger partial charge in [0.05, 0.1) is 6.16 Å². The molecule has 13 heavy (non-hydrogen) atoms. The molecule has 0 bridgehead atoms. The summed E-state index contributed by atoms with van der Waals surface area (Å²) in [6, 6.07) is 0. The molecule has 0 heterocycles. The second-order valence-electron chi connectivity index (χ2n) is 3.01. The Morgan fingerprint density at radius 1 is 1.69 bits per heavy atom. The Morgan fingerprint density at radius 2 is 2.23 bits per heavy atom. The van der Waals surface area contributed by atoms with E-state index in [0.29, 0.717) is 0 Å². The Labute approximate surface area is 79.7 Å². The Kier molecular flexibility index (Phi) is 4.43. The van der Waals surface area contributed by atoms with Crippen LogP contribution in [-0.2, 0) is 13.6 Å². The average molecular weight is 202 g/mol. The van der Waals surface area contributed by atoms with Crippen molar-refractivity contribution in [2.45, 2.75) is 19.4 Å². The van der Waals surface area contributed by atoms with E-state index in [9.17, 15) is 4.57 Å². The number of allylic oxidation sites excluding steroid dienone is 1. The Bertz CT molecular complexity index is 263. The van der Waals surface area contributed by atoms with Crippen molar-refractivity contribution in [2.24, 2.45) is 0 Å². The maximum absolute atomic E-state index is 11.7. The zero-order chi connectivity index (χ0) is 10.5. The van der Waals surface area contributed by atoms with Gasteiger partial charge in [-0.2, -0.15) is 0 Å². The van der Waals surface area contributed by atoms with Crippen LogP contribution in [0.2, 0.25) is 0 Å². The van der Waals surface area contributed by atoms with E-state index >= 15 is 0 Å². The Morgan fingerprint density at radius 3 is 2.54 bits per heavy atom. The molecule has 0 saturated heterocycles. The predicted molar refractivity (Wildman–Crippen MR) is 53.7 cm³/mol. The lowest BCUT2D eigenvalue weighted by molar-refractivity contribution is 0.138. The quantitative estimate of drug-likeness (QED) is 0.390. The first-order valence-corrected chi connectivity index (χ1v) is 5.56. The summed E-state index contributed by atoms with van der Waals surface area (Å²) in [6.45, 7) is 6.77. The molecule has 3 nitrogen and oxygen atoms in total. The predicted octanol–water partition coefficient (Wildman–Crippen LogP) is 2.44. The highest BCUT2D eigenvalue weighted by molar-refractivity contribution is 7.54. The molecule has 0 radical (unpaired) electrons. The molecule has 0 aliphatic heterocycles. The Balaban J connectivity index is 4.56. The van der Waals surface area contributed by atoms with Crippen LogP contribution in [0.1, 0.15) is 13.8 Å². The van der Waals surface area contributed by atoms with Gasteiger partial charge in [-0.1, -0.05) is 12.0 Å². The molecule has 0 aromatic carbocycles. The molecule has 0 N–H and O–H groups in total. The lowest BCUT2D eigenvalue weighted by atomic mass is 10.2. The van der Waals surface area contributed by atoms with E-state index in [1.165, 1.54) is 13.2 Å². The minimum absolute atomic E-state index is 0.161. The van der Waals surface area contributed by atoms with Gasteiger partial charge in [-0.25, -0.2) is 0 Å². The molecule has 0 aliphatic carbocycles. The highest BCUT2D eigenvalue weighted by Gasteiger charge is 2.29. The molecular weight excluding hydrogens is 187 g/mol. The van der Waals surface area contributed by atoms with Crippen LogP contribution >= 0.6 is 7.60 Å². The van der Waals surface area contributed by atoms with Crippen LogP contribution in [0.4, 0.5) is 0 Å². The van der Waals surface area contributed by atoms with Crippen molar-refractivity contribution < 1.29 is 13.6 Å². The smallest absolute Gasteiger partial charge is 0.312 e. The lowest BCUT2D eigenvalue weighted by Crippen LogP contribution is -2.21. The normalized spacial score (nSPS) is 15.8. The van der Waals surface area contributed by atoms with Crippen LogP contribution in [0.25, 0.3) is 0 Å². The molecule has 74 valence electrons. The topological polar surface area (TPSA) is 35.5 Å². The van der Waals surface area contributed by atoms with E-state index in [1.54, 1.807) is 13.8 Å². The van der Waals surface area contributed by atoms with E-state index in [0.717, 1.165) is 0 Å². The van der Waals surface area contributed by atoms with E-state index in [2.05, 4.69) is 12.5 Å². The van der Waals surface area contributed by atoms with Crippen molar-refractivity contribution in [1.82, 2.24) is 0 Å². The fourth-order valence-electron chi connectivity index (χ4n) is 0.681. The van der Waals surface area contributed by atoms with Gasteiger partial charge in [-0.05, 0) is 13.8 Å². The molecule has 0 aromatic heterocycles. The second kappa shape index (κ2) is 4.62. The number of rotatable bonds is 5. The first-order valence-electron chi connectivity index (χ1n) is 3.83. The molecule has 0 fully saturated rings. The van der Waals surface area contributed by atoms with Gasteiger partial charge in [0.25, 0.3) is 0 Å². The summed E-state index contributed by atoms with van der Waals surface area (Å²) >= 11 is 0. The molecule has 1 atom stereocenters. The zero-order valence-electron chi connectivity index (χ0n) is 8.24. The van der Waals surface area contributed by atoms with Crippen LogP contribution in [0.15, 0.2) is 12.7 Å². The summed E-state index contributed by atoms with van der Waals surface area (Å²) in [4.78, 5) is 0. The largest absolute Gasteiger partial charge is 0.335 e.